The highest BCUT2D eigenvalue weighted by Crippen LogP contribution is 2.04. The molecule has 0 spiro atoms. The van der Waals surface area contributed by atoms with Crippen LogP contribution in [0.2, 0.25) is 0 Å². The van der Waals surface area contributed by atoms with Gasteiger partial charge in [-0.3, -0.25) is 4.90 Å². The Bertz CT molecular complexity index is 131. The van der Waals surface area contributed by atoms with Crippen LogP contribution in [0.3, 0.4) is 0 Å². The maximum Gasteiger partial charge on any atom is 0.0593 e. The third kappa shape index (κ3) is 4.07. The molecule has 1 aliphatic rings. The van der Waals surface area contributed by atoms with Gasteiger partial charge in [-0.25, -0.2) is 0 Å². The van der Waals surface area contributed by atoms with Crippen molar-refractivity contribution in [1.82, 2.24) is 4.90 Å². The van der Waals surface area contributed by atoms with Crippen LogP contribution in [0.25, 0.3) is 0 Å². The molecule has 1 aliphatic heterocycles. The fourth-order valence-electron chi connectivity index (χ4n) is 1.49. The van der Waals surface area contributed by atoms with Crippen LogP contribution >= 0.6 is 0 Å². The zero-order chi connectivity index (χ0) is 9.68. The molecular weight excluding hydrogens is 164 g/mol. The van der Waals surface area contributed by atoms with Gasteiger partial charge < -0.3 is 10.5 Å². The van der Waals surface area contributed by atoms with Crippen LogP contribution < -0.4 is 5.73 Å². The molecule has 0 aromatic heterocycles. The number of nitrogens with two attached hydrogens (primary N) is 1. The van der Waals surface area contributed by atoms with Crippen LogP contribution in [0.15, 0.2) is 0 Å². The molecule has 3 nitrogen and oxygen atoms in total. The molecule has 3 heteroatoms. The number of ether oxygens (including phenoxy) is 1. The monoisotopic (exact) mass is 186 g/mol. The summed E-state index contributed by atoms with van der Waals surface area (Å²) in [5, 5.41) is 0. The second-order valence-electron chi connectivity index (χ2n) is 4.17. The molecule has 0 aliphatic carbocycles. The Morgan fingerprint density at radius 2 is 2.08 bits per heavy atom. The lowest BCUT2D eigenvalue weighted by Crippen LogP contribution is -2.41. The van der Waals surface area contributed by atoms with Crippen molar-refractivity contribution in [3.63, 3.8) is 0 Å². The third-order valence-electron chi connectivity index (χ3n) is 2.64. The average molecular weight is 186 g/mol. The minimum atomic E-state index is 0.304. The first-order valence-corrected chi connectivity index (χ1v) is 5.26. The summed E-state index contributed by atoms with van der Waals surface area (Å²) in [6.45, 7) is 9.33. The second-order valence-corrected chi connectivity index (χ2v) is 4.17. The van der Waals surface area contributed by atoms with E-state index in [4.69, 9.17) is 10.5 Å². The summed E-state index contributed by atoms with van der Waals surface area (Å²) in [6, 6.07) is 0.304. The van der Waals surface area contributed by atoms with Crippen LogP contribution in [-0.2, 0) is 4.74 Å². The van der Waals surface area contributed by atoms with Crippen molar-refractivity contribution in [3.8, 4) is 0 Å². The van der Waals surface area contributed by atoms with E-state index in [1.807, 2.05) is 0 Å². The summed E-state index contributed by atoms with van der Waals surface area (Å²) in [4.78, 5) is 2.41. The molecular formula is C10H22N2O. The van der Waals surface area contributed by atoms with Gasteiger partial charge in [0.1, 0.15) is 0 Å². The lowest BCUT2D eigenvalue weighted by Gasteiger charge is -2.25. The SMILES string of the molecule is CC(C)[C@@H](N)CN1CCCOCC1. The highest BCUT2D eigenvalue weighted by atomic mass is 16.5. The third-order valence-corrected chi connectivity index (χ3v) is 2.64. The van der Waals surface area contributed by atoms with E-state index in [2.05, 4.69) is 18.7 Å². The van der Waals surface area contributed by atoms with Gasteiger partial charge in [0, 0.05) is 32.3 Å². The van der Waals surface area contributed by atoms with E-state index >= 15 is 0 Å². The summed E-state index contributed by atoms with van der Waals surface area (Å²) < 4.78 is 5.38. The Morgan fingerprint density at radius 1 is 1.31 bits per heavy atom. The van der Waals surface area contributed by atoms with Gasteiger partial charge in [0.25, 0.3) is 0 Å². The molecule has 1 fully saturated rings. The predicted octanol–water partition coefficient (Wildman–Crippen LogP) is 0.692. The topological polar surface area (TPSA) is 38.5 Å². The zero-order valence-corrected chi connectivity index (χ0v) is 8.83. The van der Waals surface area contributed by atoms with E-state index < -0.39 is 0 Å². The molecule has 0 amide bonds. The van der Waals surface area contributed by atoms with E-state index in [1.165, 1.54) is 0 Å². The fraction of sp³-hybridized carbons (Fsp3) is 1.00. The van der Waals surface area contributed by atoms with Gasteiger partial charge in [0.15, 0.2) is 0 Å². The molecule has 0 radical (unpaired) electrons. The summed E-state index contributed by atoms with van der Waals surface area (Å²) in [5.74, 6) is 0.573. The number of rotatable bonds is 3. The van der Waals surface area contributed by atoms with Crippen LogP contribution in [0.1, 0.15) is 20.3 Å². The van der Waals surface area contributed by atoms with Gasteiger partial charge in [0.2, 0.25) is 0 Å². The average Bonchev–Trinajstić information content (AvgIpc) is 2.32. The molecule has 0 unspecified atom stereocenters. The number of hydrogen-bond acceptors (Lipinski definition) is 3. The van der Waals surface area contributed by atoms with E-state index in [1.54, 1.807) is 0 Å². The maximum absolute atomic E-state index is 6.02. The predicted molar refractivity (Wildman–Crippen MR) is 54.7 cm³/mol. The van der Waals surface area contributed by atoms with Crippen molar-refractivity contribution >= 4 is 0 Å². The largest absolute Gasteiger partial charge is 0.380 e. The Balaban J connectivity index is 2.25. The summed E-state index contributed by atoms with van der Waals surface area (Å²) >= 11 is 0. The molecule has 13 heavy (non-hydrogen) atoms. The molecule has 1 atom stereocenters. The summed E-state index contributed by atoms with van der Waals surface area (Å²) in [5.41, 5.74) is 6.02. The Hall–Kier alpha value is -0.120. The molecule has 0 aromatic rings. The first kappa shape index (κ1) is 11.0. The number of hydrogen-bond donors (Lipinski definition) is 1. The maximum atomic E-state index is 6.02. The van der Waals surface area contributed by atoms with Crippen LogP contribution in [0.4, 0.5) is 0 Å². The summed E-state index contributed by atoms with van der Waals surface area (Å²) in [7, 11) is 0. The molecule has 0 aromatic carbocycles. The highest BCUT2D eigenvalue weighted by molar-refractivity contribution is 4.72. The van der Waals surface area contributed by atoms with Crippen molar-refractivity contribution in [3.05, 3.63) is 0 Å². The van der Waals surface area contributed by atoms with Gasteiger partial charge in [-0.15, -0.1) is 0 Å². The smallest absolute Gasteiger partial charge is 0.0593 e. The Labute approximate surface area is 81.2 Å². The molecule has 0 bridgehead atoms. The zero-order valence-electron chi connectivity index (χ0n) is 8.83. The van der Waals surface area contributed by atoms with E-state index in [0.717, 1.165) is 39.3 Å². The highest BCUT2D eigenvalue weighted by Gasteiger charge is 2.14. The normalized spacial score (nSPS) is 23.1. The van der Waals surface area contributed by atoms with Gasteiger partial charge in [-0.1, -0.05) is 13.8 Å². The van der Waals surface area contributed by atoms with Crippen LogP contribution in [0, 0.1) is 5.92 Å². The van der Waals surface area contributed by atoms with Crippen molar-refractivity contribution < 1.29 is 4.74 Å². The van der Waals surface area contributed by atoms with E-state index in [9.17, 15) is 0 Å². The van der Waals surface area contributed by atoms with Gasteiger partial charge in [-0.2, -0.15) is 0 Å². The minimum absolute atomic E-state index is 0.304. The first-order chi connectivity index (χ1) is 6.20. The lowest BCUT2D eigenvalue weighted by atomic mass is 10.1. The van der Waals surface area contributed by atoms with E-state index in [-0.39, 0.29) is 0 Å². The van der Waals surface area contributed by atoms with Crippen molar-refractivity contribution in [2.75, 3.05) is 32.8 Å². The molecule has 1 rings (SSSR count). The lowest BCUT2D eigenvalue weighted by molar-refractivity contribution is 0.139. The van der Waals surface area contributed by atoms with Crippen molar-refractivity contribution in [1.29, 1.82) is 0 Å². The molecule has 78 valence electrons. The van der Waals surface area contributed by atoms with Gasteiger partial charge in [-0.05, 0) is 12.3 Å². The fourth-order valence-corrected chi connectivity index (χ4v) is 1.49. The molecule has 1 heterocycles. The summed E-state index contributed by atoms with van der Waals surface area (Å²) in [6.07, 6.45) is 1.14. The van der Waals surface area contributed by atoms with Crippen LogP contribution in [-0.4, -0.2) is 43.8 Å². The minimum Gasteiger partial charge on any atom is -0.380 e. The van der Waals surface area contributed by atoms with Gasteiger partial charge in [0.05, 0.1) is 6.61 Å². The standard InChI is InChI=1S/C10H22N2O/c1-9(2)10(11)8-12-4-3-6-13-7-5-12/h9-10H,3-8,11H2,1-2H3/t10-/m0/s1. The van der Waals surface area contributed by atoms with Crippen molar-refractivity contribution in [2.24, 2.45) is 11.7 Å². The van der Waals surface area contributed by atoms with E-state index in [0.29, 0.717) is 12.0 Å². The van der Waals surface area contributed by atoms with Crippen molar-refractivity contribution in [2.45, 2.75) is 26.3 Å². The Morgan fingerprint density at radius 3 is 2.77 bits per heavy atom. The second kappa shape index (κ2) is 5.58. The first-order valence-electron chi connectivity index (χ1n) is 5.26. The Kier molecular flexibility index (Phi) is 4.70. The van der Waals surface area contributed by atoms with Crippen LogP contribution in [0.5, 0.6) is 0 Å². The molecule has 1 saturated heterocycles. The molecule has 2 N–H and O–H groups in total. The quantitative estimate of drug-likeness (QED) is 0.705. The number of nitrogens with zero attached hydrogens (tertiary/aromatic N) is 1. The van der Waals surface area contributed by atoms with Gasteiger partial charge >= 0.3 is 0 Å². The molecule has 0 saturated carbocycles.